The molecule has 0 bridgehead atoms. The molecule has 14 heteroatoms. The molecule has 1 fully saturated rings. The number of halogens is 5. The van der Waals surface area contributed by atoms with Crippen LogP contribution < -0.4 is 5.32 Å². The number of hydrogen-bond acceptors (Lipinski definition) is 7. The van der Waals surface area contributed by atoms with E-state index in [1.165, 1.54) is 30.5 Å². The maximum Gasteiger partial charge on any atom is 0.433 e. The van der Waals surface area contributed by atoms with E-state index >= 15 is 8.78 Å². The first-order chi connectivity index (χ1) is 18.8. The molecule has 0 amide bonds. The normalized spacial score (nSPS) is 18.2. The van der Waals surface area contributed by atoms with Crippen LogP contribution in [0.3, 0.4) is 0 Å². The molecule has 4 aromatic rings. The first-order valence-electron chi connectivity index (χ1n) is 12.4. The lowest BCUT2D eigenvalue weighted by Crippen LogP contribution is -2.54. The average Bonchev–Trinajstić information content (AvgIpc) is 3.35. The van der Waals surface area contributed by atoms with Crippen LogP contribution in [0, 0.1) is 6.92 Å². The third kappa shape index (κ3) is 5.63. The Kier molecular flexibility index (Phi) is 7.25. The molecule has 4 heterocycles. The molecule has 0 spiro atoms. The molecule has 1 saturated heterocycles. The number of pyridine rings is 1. The first-order valence-corrected chi connectivity index (χ1v) is 13.8. The number of hydrogen-bond donors (Lipinski definition) is 1. The summed E-state index contributed by atoms with van der Waals surface area (Å²) >= 11 is 0. The summed E-state index contributed by atoms with van der Waals surface area (Å²) in [7, 11) is -3.97. The maximum atomic E-state index is 15.2. The monoisotopic (exact) mass is 580 g/mol. The van der Waals surface area contributed by atoms with Crippen molar-refractivity contribution >= 4 is 26.9 Å². The number of nitrogens with zero attached hydrogens (tertiary/aromatic N) is 5. The van der Waals surface area contributed by atoms with Gasteiger partial charge in [0.2, 0.25) is 0 Å². The quantitative estimate of drug-likeness (QED) is 0.315. The van der Waals surface area contributed by atoms with Gasteiger partial charge < -0.3 is 5.32 Å². The molecule has 1 N–H and O–H groups in total. The highest BCUT2D eigenvalue weighted by Crippen LogP contribution is 2.32. The highest BCUT2D eigenvalue weighted by atomic mass is 32.2. The zero-order valence-corrected chi connectivity index (χ0v) is 22.1. The van der Waals surface area contributed by atoms with Gasteiger partial charge in [0.05, 0.1) is 22.9 Å². The number of piperidine rings is 1. The van der Waals surface area contributed by atoms with Gasteiger partial charge in [-0.05, 0) is 49.6 Å². The Morgan fingerprint density at radius 2 is 1.80 bits per heavy atom. The Bertz CT molecular complexity index is 1610. The summed E-state index contributed by atoms with van der Waals surface area (Å²) < 4.78 is 95.8. The second-order valence-corrected chi connectivity index (χ2v) is 11.5. The molecule has 1 atom stereocenters. The van der Waals surface area contributed by atoms with Crippen molar-refractivity contribution < 1.29 is 30.4 Å². The predicted molar refractivity (Wildman–Crippen MR) is 138 cm³/mol. The zero-order chi connectivity index (χ0) is 28.7. The van der Waals surface area contributed by atoms with Crippen LogP contribution in [0.4, 0.5) is 27.8 Å². The van der Waals surface area contributed by atoms with E-state index in [-0.39, 0.29) is 41.1 Å². The molecule has 8 nitrogen and oxygen atoms in total. The summed E-state index contributed by atoms with van der Waals surface area (Å²) in [5.74, 6) is -3.07. The van der Waals surface area contributed by atoms with Gasteiger partial charge in [-0.25, -0.2) is 31.1 Å². The Morgan fingerprint density at radius 3 is 2.45 bits per heavy atom. The second-order valence-electron chi connectivity index (χ2n) is 9.71. The van der Waals surface area contributed by atoms with Crippen molar-refractivity contribution in [2.75, 3.05) is 25.0 Å². The Labute approximate surface area is 226 Å². The highest BCUT2D eigenvalue weighted by molar-refractivity contribution is 7.90. The van der Waals surface area contributed by atoms with E-state index in [4.69, 9.17) is 0 Å². The van der Waals surface area contributed by atoms with Gasteiger partial charge in [-0.3, -0.25) is 9.88 Å². The van der Waals surface area contributed by atoms with E-state index in [1.54, 1.807) is 17.0 Å². The van der Waals surface area contributed by atoms with E-state index in [0.717, 1.165) is 28.1 Å². The zero-order valence-electron chi connectivity index (χ0n) is 21.2. The van der Waals surface area contributed by atoms with Crippen molar-refractivity contribution in [2.45, 2.75) is 42.8 Å². The smallest absolute Gasteiger partial charge is 0.361 e. The third-order valence-corrected chi connectivity index (χ3v) is 8.53. The number of nitrogens with one attached hydrogen (secondary N) is 1. The number of aryl methyl sites for hydroxylation is 1. The SMILES string of the molecule is Cc1ccc(S(=O)(=O)n2ccc3c(NC4CCN(CCc5ccc(C(F)(F)F)nc5)CC4(F)F)ncnc32)cc1. The topological polar surface area (TPSA) is 93.0 Å². The largest absolute Gasteiger partial charge is 0.433 e. The molecule has 212 valence electrons. The maximum absolute atomic E-state index is 15.2. The molecule has 0 saturated carbocycles. The lowest BCUT2D eigenvalue weighted by Gasteiger charge is -2.38. The van der Waals surface area contributed by atoms with Crippen LogP contribution in [0.25, 0.3) is 11.0 Å². The van der Waals surface area contributed by atoms with Crippen LogP contribution >= 0.6 is 0 Å². The van der Waals surface area contributed by atoms with Crippen molar-refractivity contribution in [1.29, 1.82) is 0 Å². The van der Waals surface area contributed by atoms with Gasteiger partial charge in [-0.15, -0.1) is 0 Å². The first kappa shape index (κ1) is 27.9. The van der Waals surface area contributed by atoms with Crippen LogP contribution in [-0.4, -0.2) is 63.8 Å². The Morgan fingerprint density at radius 1 is 1.05 bits per heavy atom. The average molecular weight is 581 g/mol. The van der Waals surface area contributed by atoms with E-state index < -0.39 is 40.4 Å². The Balaban J connectivity index is 1.27. The minimum Gasteiger partial charge on any atom is -0.361 e. The second kappa shape index (κ2) is 10.4. The van der Waals surface area contributed by atoms with Crippen LogP contribution in [-0.2, 0) is 22.6 Å². The van der Waals surface area contributed by atoms with E-state index in [2.05, 4.69) is 20.3 Å². The van der Waals surface area contributed by atoms with Gasteiger partial charge in [0.15, 0.2) is 5.65 Å². The number of rotatable bonds is 7. The standard InChI is InChI=1S/C26H25F5N6O2S/c1-17-2-5-19(6-3-17)40(38,39)37-13-9-20-23(33-16-34-24(20)37)35-21-10-12-36(15-25(21,27)28)11-8-18-4-7-22(32-14-18)26(29,30)31/h2-7,9,13-14,16,21H,8,10-12,15H2,1H3,(H,33,34,35). The van der Waals surface area contributed by atoms with Gasteiger partial charge in [-0.1, -0.05) is 23.8 Å². The van der Waals surface area contributed by atoms with Crippen molar-refractivity contribution in [3.05, 3.63) is 78.0 Å². The van der Waals surface area contributed by atoms with E-state index in [9.17, 15) is 21.6 Å². The fourth-order valence-electron chi connectivity index (χ4n) is 4.63. The molecular weight excluding hydrogens is 555 g/mol. The molecular formula is C26H25F5N6O2S. The number of likely N-dealkylation sites (tertiary alicyclic amines) is 1. The number of aromatic nitrogens is 4. The van der Waals surface area contributed by atoms with Gasteiger partial charge >= 0.3 is 6.18 Å². The fraction of sp³-hybridized carbons (Fsp3) is 0.346. The minimum atomic E-state index is -4.54. The molecule has 5 rings (SSSR count). The molecule has 1 aliphatic rings. The van der Waals surface area contributed by atoms with Gasteiger partial charge in [0, 0.05) is 25.5 Å². The number of benzene rings is 1. The number of alkyl halides is 5. The molecule has 3 aromatic heterocycles. The van der Waals surface area contributed by atoms with Crippen LogP contribution in [0.5, 0.6) is 0 Å². The van der Waals surface area contributed by atoms with Crippen molar-refractivity contribution in [1.82, 2.24) is 23.8 Å². The summed E-state index contributed by atoms with van der Waals surface area (Å²) in [5, 5.41) is 3.07. The van der Waals surface area contributed by atoms with Crippen LogP contribution in [0.1, 0.15) is 23.2 Å². The minimum absolute atomic E-state index is 0.0592. The summed E-state index contributed by atoms with van der Waals surface area (Å²) in [6, 6.07) is 8.69. The summed E-state index contributed by atoms with van der Waals surface area (Å²) in [4.78, 5) is 13.2. The molecule has 0 radical (unpaired) electrons. The van der Waals surface area contributed by atoms with Crippen LogP contribution in [0.2, 0.25) is 0 Å². The number of anilines is 1. The van der Waals surface area contributed by atoms with Gasteiger partial charge in [-0.2, -0.15) is 13.2 Å². The van der Waals surface area contributed by atoms with Crippen molar-refractivity contribution in [2.24, 2.45) is 0 Å². The van der Waals surface area contributed by atoms with Crippen molar-refractivity contribution in [3.8, 4) is 0 Å². The number of fused-ring (bicyclic) bond motifs is 1. The predicted octanol–water partition coefficient (Wildman–Crippen LogP) is 4.75. The summed E-state index contributed by atoms with van der Waals surface area (Å²) in [6.07, 6.45) is -0.655. The van der Waals surface area contributed by atoms with Crippen LogP contribution in [0.15, 0.2) is 66.1 Å². The van der Waals surface area contributed by atoms with E-state index in [0.29, 0.717) is 12.1 Å². The van der Waals surface area contributed by atoms with Gasteiger partial charge in [0.25, 0.3) is 15.9 Å². The highest BCUT2D eigenvalue weighted by Gasteiger charge is 2.45. The van der Waals surface area contributed by atoms with Crippen molar-refractivity contribution in [3.63, 3.8) is 0 Å². The molecule has 1 aliphatic heterocycles. The fourth-order valence-corrected chi connectivity index (χ4v) is 5.93. The molecule has 1 unspecified atom stereocenters. The Hall–Kier alpha value is -3.65. The molecule has 1 aromatic carbocycles. The summed E-state index contributed by atoms with van der Waals surface area (Å²) in [5.41, 5.74) is 0.472. The third-order valence-electron chi connectivity index (χ3n) is 6.85. The lowest BCUT2D eigenvalue weighted by atomic mass is 10.00. The summed E-state index contributed by atoms with van der Waals surface area (Å²) in [6.45, 7) is 1.82. The van der Waals surface area contributed by atoms with E-state index in [1.807, 2.05) is 6.92 Å². The lowest BCUT2D eigenvalue weighted by molar-refractivity contribution is -0.141. The molecule has 0 aliphatic carbocycles. The molecule has 40 heavy (non-hydrogen) atoms. The van der Waals surface area contributed by atoms with Gasteiger partial charge in [0.1, 0.15) is 17.8 Å².